The maximum atomic E-state index is 12.2. The van der Waals surface area contributed by atoms with E-state index in [1.165, 1.54) is 0 Å². The molecular formula is C40H38Cl2N4O4. The maximum Gasteiger partial charge on any atom is 0.270 e. The molecule has 2 aromatic carbocycles. The van der Waals surface area contributed by atoms with Gasteiger partial charge in [0.25, 0.3) is 11.8 Å². The summed E-state index contributed by atoms with van der Waals surface area (Å²) in [6.45, 7) is 0. The number of carbonyl (C=O) groups is 2. The first kappa shape index (κ1) is 36.6. The van der Waals surface area contributed by atoms with Gasteiger partial charge in [-0.1, -0.05) is 71.1 Å². The Labute approximate surface area is 302 Å². The van der Waals surface area contributed by atoms with Crippen LogP contribution >= 0.6 is 23.2 Å². The van der Waals surface area contributed by atoms with Crippen molar-refractivity contribution in [3.63, 3.8) is 0 Å². The third-order valence-corrected chi connectivity index (χ3v) is 8.92. The second-order valence-electron chi connectivity index (χ2n) is 12.5. The molecule has 2 amide bonds. The van der Waals surface area contributed by atoms with Crippen LogP contribution in [0.25, 0.3) is 0 Å². The summed E-state index contributed by atoms with van der Waals surface area (Å²) in [7, 11) is 0. The predicted octanol–water partition coefficient (Wildman–Crippen LogP) is 6.38. The van der Waals surface area contributed by atoms with Gasteiger partial charge in [-0.15, -0.1) is 0 Å². The number of aromatic nitrogens is 2. The van der Waals surface area contributed by atoms with Gasteiger partial charge in [0.15, 0.2) is 0 Å². The summed E-state index contributed by atoms with van der Waals surface area (Å²) in [4.78, 5) is 32.6. The van der Waals surface area contributed by atoms with Gasteiger partial charge >= 0.3 is 0 Å². The molecule has 0 bridgehead atoms. The van der Waals surface area contributed by atoms with Crippen molar-refractivity contribution in [1.82, 2.24) is 20.6 Å². The molecule has 256 valence electrons. The van der Waals surface area contributed by atoms with E-state index in [2.05, 4.69) is 44.3 Å². The molecule has 2 heterocycles. The topological polar surface area (TPSA) is 124 Å². The zero-order valence-corrected chi connectivity index (χ0v) is 28.9. The van der Waals surface area contributed by atoms with Gasteiger partial charge in [-0.2, -0.15) is 0 Å². The lowest BCUT2D eigenvalue weighted by Gasteiger charge is -2.33. The third kappa shape index (κ3) is 11.2. The predicted molar refractivity (Wildman–Crippen MR) is 194 cm³/mol. The average molecular weight is 710 g/mol. The van der Waals surface area contributed by atoms with Crippen molar-refractivity contribution in [3.8, 4) is 23.7 Å². The van der Waals surface area contributed by atoms with Crippen LogP contribution in [0.5, 0.6) is 0 Å². The highest BCUT2D eigenvalue weighted by Crippen LogP contribution is 2.29. The van der Waals surface area contributed by atoms with Crippen LogP contribution in [0.4, 0.5) is 0 Å². The molecular weight excluding hydrogens is 671 g/mol. The van der Waals surface area contributed by atoms with Gasteiger partial charge in [-0.3, -0.25) is 19.6 Å². The minimum absolute atomic E-state index is 0.123. The molecule has 0 radical (unpaired) electrons. The molecule has 2 aliphatic carbocycles. The van der Waals surface area contributed by atoms with E-state index in [9.17, 15) is 19.8 Å². The number of rotatable bonds is 4. The van der Waals surface area contributed by atoms with E-state index < -0.39 is 11.2 Å². The third-order valence-electron chi connectivity index (χ3n) is 8.45. The SMILES string of the molecule is O=C(N[C@@H]1CCC[C@](O)(C#Cc2cccc(Cl)c2)C1)c1ccccn1.O=C(N[C@H]1CCC[C@@](O)(C#Cc2cccc(Cl)c2)C1)c1ccccn1. The molecule has 8 nitrogen and oxygen atoms in total. The zero-order valence-electron chi connectivity index (χ0n) is 27.4. The van der Waals surface area contributed by atoms with Gasteiger partial charge in [-0.05, 0) is 99.2 Å². The molecule has 2 fully saturated rings. The van der Waals surface area contributed by atoms with Gasteiger partial charge in [-0.25, -0.2) is 0 Å². The fourth-order valence-electron chi connectivity index (χ4n) is 6.00. The molecule has 10 heteroatoms. The minimum atomic E-state index is -1.11. The van der Waals surface area contributed by atoms with Crippen LogP contribution < -0.4 is 10.6 Å². The second-order valence-corrected chi connectivity index (χ2v) is 13.4. The van der Waals surface area contributed by atoms with Crippen LogP contribution in [0.1, 0.15) is 83.5 Å². The summed E-state index contributed by atoms with van der Waals surface area (Å²) in [6.07, 6.45) is 8.40. The van der Waals surface area contributed by atoms with Gasteiger partial charge in [0.1, 0.15) is 22.6 Å². The molecule has 2 aromatic heterocycles. The fourth-order valence-corrected chi connectivity index (χ4v) is 6.38. The Morgan fingerprint density at radius 1 is 0.660 bits per heavy atom. The lowest BCUT2D eigenvalue weighted by atomic mass is 9.82. The molecule has 0 aliphatic heterocycles. The number of nitrogens with one attached hydrogen (secondary N) is 2. The Hall–Kier alpha value is -4.70. The van der Waals surface area contributed by atoms with Crippen LogP contribution in [0.3, 0.4) is 0 Å². The normalized spacial score (nSPS) is 22.6. The standard InChI is InChI=1S/2C20H19ClN2O2/c2*21-16-6-3-5-15(13-16)9-11-20(25)10-4-7-17(14-20)23-19(24)18-8-1-2-12-22-18/h2*1-3,5-6,8,12-13,17,25H,4,7,10,14H2,(H,23,24)/t2*17-,20+/m10/s1. The van der Waals surface area contributed by atoms with E-state index in [4.69, 9.17) is 23.2 Å². The summed E-state index contributed by atoms with van der Waals surface area (Å²) in [5, 5.41) is 28.7. The highest BCUT2D eigenvalue weighted by molar-refractivity contribution is 6.31. The largest absolute Gasteiger partial charge is 0.378 e. The number of nitrogens with zero attached hydrogens (tertiary/aromatic N) is 2. The van der Waals surface area contributed by atoms with E-state index in [1.807, 2.05) is 24.3 Å². The zero-order chi connectivity index (χ0) is 35.4. The Morgan fingerprint density at radius 3 is 1.48 bits per heavy atom. The van der Waals surface area contributed by atoms with Crippen molar-refractivity contribution >= 4 is 35.0 Å². The smallest absolute Gasteiger partial charge is 0.270 e. The number of halogens is 2. The Bertz CT molecular complexity index is 1770. The summed E-state index contributed by atoms with van der Waals surface area (Å²) in [6, 6.07) is 24.6. The number of hydrogen-bond donors (Lipinski definition) is 4. The molecule has 0 saturated heterocycles. The molecule has 2 aliphatic rings. The molecule has 2 saturated carbocycles. The highest BCUT2D eigenvalue weighted by atomic mass is 35.5. The summed E-state index contributed by atoms with van der Waals surface area (Å²) < 4.78 is 0. The van der Waals surface area contributed by atoms with Crippen molar-refractivity contribution in [2.45, 2.75) is 74.7 Å². The number of pyridine rings is 2. The molecule has 4 N–H and O–H groups in total. The molecule has 4 aromatic rings. The van der Waals surface area contributed by atoms with Gasteiger partial charge in [0.05, 0.1) is 0 Å². The molecule has 0 spiro atoms. The first-order chi connectivity index (χ1) is 24.1. The van der Waals surface area contributed by atoms with Crippen LogP contribution in [0.15, 0.2) is 97.3 Å². The minimum Gasteiger partial charge on any atom is -0.378 e. The Balaban J connectivity index is 0.000000194. The van der Waals surface area contributed by atoms with Crippen LogP contribution in [-0.2, 0) is 0 Å². The van der Waals surface area contributed by atoms with Crippen LogP contribution in [0, 0.1) is 23.7 Å². The Morgan fingerprint density at radius 2 is 1.10 bits per heavy atom. The maximum absolute atomic E-state index is 12.2. The van der Waals surface area contributed by atoms with E-state index in [0.29, 0.717) is 47.1 Å². The average Bonchev–Trinajstić information content (AvgIpc) is 3.11. The monoisotopic (exact) mass is 708 g/mol. The number of carbonyl (C=O) groups excluding carboxylic acids is 2. The lowest BCUT2D eigenvalue weighted by Crippen LogP contribution is -2.45. The van der Waals surface area contributed by atoms with Crippen molar-refractivity contribution < 1.29 is 19.8 Å². The van der Waals surface area contributed by atoms with Gasteiger partial charge in [0.2, 0.25) is 0 Å². The van der Waals surface area contributed by atoms with E-state index >= 15 is 0 Å². The van der Waals surface area contributed by atoms with Crippen molar-refractivity contribution in [3.05, 3.63) is 130 Å². The summed E-state index contributed by atoms with van der Waals surface area (Å²) in [5.41, 5.74) is 0.0648. The van der Waals surface area contributed by atoms with Crippen molar-refractivity contribution in [2.75, 3.05) is 0 Å². The van der Waals surface area contributed by atoms with Crippen molar-refractivity contribution in [2.24, 2.45) is 0 Å². The fraction of sp³-hybridized carbons (Fsp3) is 0.300. The van der Waals surface area contributed by atoms with Crippen LogP contribution in [0.2, 0.25) is 10.0 Å². The van der Waals surface area contributed by atoms with Crippen molar-refractivity contribution in [1.29, 1.82) is 0 Å². The Kier molecular flexibility index (Phi) is 12.7. The summed E-state index contributed by atoms with van der Waals surface area (Å²) >= 11 is 11.9. The van der Waals surface area contributed by atoms with Crippen LogP contribution in [-0.4, -0.2) is 55.3 Å². The lowest BCUT2D eigenvalue weighted by molar-refractivity contribution is 0.0443. The van der Waals surface area contributed by atoms with E-state index in [0.717, 1.165) is 36.8 Å². The molecule has 50 heavy (non-hydrogen) atoms. The molecule has 4 atom stereocenters. The van der Waals surface area contributed by atoms with E-state index in [1.54, 1.807) is 73.1 Å². The van der Waals surface area contributed by atoms with Gasteiger partial charge in [0, 0.05) is 58.5 Å². The number of benzene rings is 2. The first-order valence-electron chi connectivity index (χ1n) is 16.5. The second kappa shape index (κ2) is 17.3. The number of amides is 2. The molecule has 6 rings (SSSR count). The summed E-state index contributed by atoms with van der Waals surface area (Å²) in [5.74, 6) is 11.5. The first-order valence-corrected chi connectivity index (χ1v) is 17.3. The number of aliphatic hydroxyl groups is 2. The highest BCUT2D eigenvalue weighted by Gasteiger charge is 2.35. The number of hydrogen-bond acceptors (Lipinski definition) is 6. The molecule has 0 unspecified atom stereocenters. The van der Waals surface area contributed by atoms with E-state index in [-0.39, 0.29) is 23.9 Å². The van der Waals surface area contributed by atoms with Gasteiger partial charge < -0.3 is 20.8 Å². The quantitative estimate of drug-likeness (QED) is 0.183.